The smallest absolute Gasteiger partial charge is 0.228 e. The van der Waals surface area contributed by atoms with Gasteiger partial charge < -0.3 is 14.8 Å². The Labute approximate surface area is 130 Å². The van der Waals surface area contributed by atoms with E-state index in [0.29, 0.717) is 23.1 Å². The zero-order valence-electron chi connectivity index (χ0n) is 12.7. The minimum Gasteiger partial charge on any atom is -0.497 e. The molecule has 2 aromatic carbocycles. The van der Waals surface area contributed by atoms with Gasteiger partial charge in [0.1, 0.15) is 11.5 Å². The molecule has 0 spiro atoms. The van der Waals surface area contributed by atoms with Gasteiger partial charge in [-0.15, -0.1) is 0 Å². The van der Waals surface area contributed by atoms with E-state index in [2.05, 4.69) is 17.4 Å². The molecule has 3 rings (SSSR count). The lowest BCUT2D eigenvalue weighted by Crippen LogP contribution is -2.15. The van der Waals surface area contributed by atoms with Crippen LogP contribution >= 0.6 is 0 Å². The topological polar surface area (TPSA) is 47.6 Å². The molecule has 0 aromatic heterocycles. The predicted molar refractivity (Wildman–Crippen MR) is 85.5 cm³/mol. The number of anilines is 1. The SMILES string of the molecule is COc1ccc(NC(=O)[C@@H]2C[C@@H]2c2ccccc2)c(OC)c1. The van der Waals surface area contributed by atoms with Gasteiger partial charge in [-0.1, -0.05) is 30.3 Å². The normalized spacial score (nSPS) is 19.4. The average molecular weight is 297 g/mol. The Balaban J connectivity index is 1.68. The van der Waals surface area contributed by atoms with Crippen LogP contribution in [0.5, 0.6) is 11.5 Å². The summed E-state index contributed by atoms with van der Waals surface area (Å²) < 4.78 is 10.5. The summed E-state index contributed by atoms with van der Waals surface area (Å²) in [6.07, 6.45) is 0.897. The number of carbonyl (C=O) groups is 1. The minimum absolute atomic E-state index is 0.0363. The summed E-state index contributed by atoms with van der Waals surface area (Å²) in [5.41, 5.74) is 1.90. The summed E-state index contributed by atoms with van der Waals surface area (Å²) in [5.74, 6) is 1.70. The highest BCUT2D eigenvalue weighted by atomic mass is 16.5. The lowest BCUT2D eigenvalue weighted by molar-refractivity contribution is -0.117. The van der Waals surface area contributed by atoms with Crippen LogP contribution < -0.4 is 14.8 Å². The maximum absolute atomic E-state index is 12.4. The molecule has 0 radical (unpaired) electrons. The number of methoxy groups -OCH3 is 2. The number of amides is 1. The summed E-state index contributed by atoms with van der Waals surface area (Å²) in [7, 11) is 3.18. The molecule has 0 saturated heterocycles. The number of hydrogen-bond donors (Lipinski definition) is 1. The molecule has 1 N–H and O–H groups in total. The summed E-state index contributed by atoms with van der Waals surface area (Å²) in [6, 6.07) is 15.5. The van der Waals surface area contributed by atoms with Crippen LogP contribution in [0.15, 0.2) is 48.5 Å². The van der Waals surface area contributed by atoms with Gasteiger partial charge in [-0.25, -0.2) is 0 Å². The van der Waals surface area contributed by atoms with E-state index in [1.807, 2.05) is 18.2 Å². The number of nitrogens with one attached hydrogen (secondary N) is 1. The fourth-order valence-electron chi connectivity index (χ4n) is 2.68. The van der Waals surface area contributed by atoms with E-state index in [9.17, 15) is 4.79 Å². The van der Waals surface area contributed by atoms with Crippen LogP contribution in [0.4, 0.5) is 5.69 Å². The Morgan fingerprint density at radius 1 is 1.09 bits per heavy atom. The highest BCUT2D eigenvalue weighted by Gasteiger charge is 2.43. The second-order valence-electron chi connectivity index (χ2n) is 5.41. The van der Waals surface area contributed by atoms with Gasteiger partial charge in [-0.3, -0.25) is 4.79 Å². The molecule has 0 bridgehead atoms. The van der Waals surface area contributed by atoms with E-state index >= 15 is 0 Å². The van der Waals surface area contributed by atoms with Gasteiger partial charge in [-0.2, -0.15) is 0 Å². The number of rotatable bonds is 5. The summed E-state index contributed by atoms with van der Waals surface area (Å²) in [5, 5.41) is 2.95. The lowest BCUT2D eigenvalue weighted by Gasteiger charge is -2.11. The van der Waals surface area contributed by atoms with E-state index in [1.165, 1.54) is 5.56 Å². The van der Waals surface area contributed by atoms with Crippen LogP contribution in [0, 0.1) is 5.92 Å². The van der Waals surface area contributed by atoms with E-state index in [4.69, 9.17) is 9.47 Å². The van der Waals surface area contributed by atoms with Gasteiger partial charge in [0.15, 0.2) is 0 Å². The standard InChI is InChI=1S/C18H19NO3/c1-21-13-8-9-16(17(10-13)22-2)19-18(20)15-11-14(15)12-6-4-3-5-7-12/h3-10,14-15H,11H2,1-2H3,(H,19,20)/t14-,15-/m1/s1. The Kier molecular flexibility index (Phi) is 4.00. The van der Waals surface area contributed by atoms with E-state index in [-0.39, 0.29) is 11.8 Å². The number of hydrogen-bond acceptors (Lipinski definition) is 3. The lowest BCUT2D eigenvalue weighted by atomic mass is 10.1. The summed E-state index contributed by atoms with van der Waals surface area (Å²) >= 11 is 0. The van der Waals surface area contributed by atoms with Crippen LogP contribution in [0.2, 0.25) is 0 Å². The number of carbonyl (C=O) groups excluding carboxylic acids is 1. The first-order valence-electron chi connectivity index (χ1n) is 7.30. The first kappa shape index (κ1) is 14.4. The van der Waals surface area contributed by atoms with Crippen molar-refractivity contribution in [3.05, 3.63) is 54.1 Å². The molecule has 1 aliphatic rings. The molecule has 1 aliphatic carbocycles. The van der Waals surface area contributed by atoms with Gasteiger partial charge >= 0.3 is 0 Å². The number of benzene rings is 2. The predicted octanol–water partition coefficient (Wildman–Crippen LogP) is 3.45. The molecule has 0 unspecified atom stereocenters. The van der Waals surface area contributed by atoms with Crippen molar-refractivity contribution in [3.63, 3.8) is 0 Å². The molecule has 2 aromatic rings. The Morgan fingerprint density at radius 2 is 1.86 bits per heavy atom. The maximum atomic E-state index is 12.4. The Morgan fingerprint density at radius 3 is 2.55 bits per heavy atom. The summed E-state index contributed by atoms with van der Waals surface area (Å²) in [4.78, 5) is 12.4. The fraction of sp³-hybridized carbons (Fsp3) is 0.278. The van der Waals surface area contributed by atoms with Crippen molar-refractivity contribution in [2.45, 2.75) is 12.3 Å². The van der Waals surface area contributed by atoms with E-state index in [0.717, 1.165) is 6.42 Å². The van der Waals surface area contributed by atoms with Crippen molar-refractivity contribution < 1.29 is 14.3 Å². The molecule has 1 saturated carbocycles. The third-order valence-corrected chi connectivity index (χ3v) is 4.02. The first-order chi connectivity index (χ1) is 10.7. The molecule has 114 valence electrons. The molecule has 0 aliphatic heterocycles. The van der Waals surface area contributed by atoms with Crippen molar-refractivity contribution in [2.24, 2.45) is 5.92 Å². The van der Waals surface area contributed by atoms with E-state index < -0.39 is 0 Å². The monoisotopic (exact) mass is 297 g/mol. The highest BCUT2D eigenvalue weighted by Crippen LogP contribution is 2.48. The minimum atomic E-state index is 0.0363. The average Bonchev–Trinajstić information content (AvgIpc) is 3.37. The third-order valence-electron chi connectivity index (χ3n) is 4.02. The molecule has 1 amide bonds. The molecular formula is C18H19NO3. The van der Waals surface area contributed by atoms with Crippen LogP contribution in [-0.4, -0.2) is 20.1 Å². The van der Waals surface area contributed by atoms with Crippen molar-refractivity contribution >= 4 is 11.6 Å². The van der Waals surface area contributed by atoms with Gasteiger partial charge in [0.2, 0.25) is 5.91 Å². The van der Waals surface area contributed by atoms with Gasteiger partial charge in [0, 0.05) is 12.0 Å². The van der Waals surface area contributed by atoms with Gasteiger partial charge in [0.25, 0.3) is 0 Å². The third kappa shape index (κ3) is 2.91. The van der Waals surface area contributed by atoms with Gasteiger partial charge in [0.05, 0.1) is 19.9 Å². The highest BCUT2D eigenvalue weighted by molar-refractivity contribution is 5.96. The molecule has 4 heteroatoms. The zero-order valence-corrected chi connectivity index (χ0v) is 12.7. The molecule has 2 atom stereocenters. The number of ether oxygens (including phenoxy) is 2. The second-order valence-corrected chi connectivity index (χ2v) is 5.41. The van der Waals surface area contributed by atoms with Crippen molar-refractivity contribution in [2.75, 3.05) is 19.5 Å². The first-order valence-corrected chi connectivity index (χ1v) is 7.30. The zero-order chi connectivity index (χ0) is 15.5. The molecule has 4 nitrogen and oxygen atoms in total. The maximum Gasteiger partial charge on any atom is 0.228 e. The molecular weight excluding hydrogens is 278 g/mol. The fourth-order valence-corrected chi connectivity index (χ4v) is 2.68. The Bertz CT molecular complexity index is 669. The molecule has 22 heavy (non-hydrogen) atoms. The summed E-state index contributed by atoms with van der Waals surface area (Å²) in [6.45, 7) is 0. The van der Waals surface area contributed by atoms with Crippen molar-refractivity contribution in [1.29, 1.82) is 0 Å². The second kappa shape index (κ2) is 6.10. The van der Waals surface area contributed by atoms with Gasteiger partial charge in [-0.05, 0) is 30.0 Å². The van der Waals surface area contributed by atoms with Crippen LogP contribution in [0.1, 0.15) is 17.9 Å². The van der Waals surface area contributed by atoms with Crippen molar-refractivity contribution in [3.8, 4) is 11.5 Å². The Hall–Kier alpha value is -2.49. The van der Waals surface area contributed by atoms with Crippen LogP contribution in [0.25, 0.3) is 0 Å². The quantitative estimate of drug-likeness (QED) is 0.919. The van der Waals surface area contributed by atoms with Crippen molar-refractivity contribution in [1.82, 2.24) is 0 Å². The van der Waals surface area contributed by atoms with Crippen LogP contribution in [-0.2, 0) is 4.79 Å². The largest absolute Gasteiger partial charge is 0.497 e. The molecule has 1 fully saturated rings. The van der Waals surface area contributed by atoms with Crippen LogP contribution in [0.3, 0.4) is 0 Å². The van der Waals surface area contributed by atoms with E-state index in [1.54, 1.807) is 32.4 Å². The molecule has 0 heterocycles.